The number of carbonyl (C=O) groups is 4. The van der Waals surface area contributed by atoms with E-state index in [0.717, 1.165) is 11.1 Å². The Balaban J connectivity index is 0.894. The molecule has 2 aliphatic heterocycles. The molecule has 358 valence electrons. The van der Waals surface area contributed by atoms with E-state index in [9.17, 15) is 19.2 Å². The molecule has 1 unspecified atom stereocenters. The van der Waals surface area contributed by atoms with Gasteiger partial charge in [-0.3, -0.25) is 19.7 Å². The molecule has 2 aromatic rings. The van der Waals surface area contributed by atoms with E-state index in [2.05, 4.69) is 16.0 Å². The van der Waals surface area contributed by atoms with Crippen molar-refractivity contribution < 1.29 is 71.3 Å². The molecule has 0 saturated carbocycles. The van der Waals surface area contributed by atoms with Crippen LogP contribution < -0.4 is 26.4 Å². The summed E-state index contributed by atoms with van der Waals surface area (Å²) in [5.41, 5.74) is 7.80. The van der Waals surface area contributed by atoms with Crippen LogP contribution in [0, 0.1) is 0 Å². The highest BCUT2D eigenvalue weighted by molar-refractivity contribution is 6.31. The number of nitrogens with two attached hydrogens (primary N) is 1. The lowest BCUT2D eigenvalue weighted by molar-refractivity contribution is -0.136. The van der Waals surface area contributed by atoms with Crippen LogP contribution in [-0.2, 0) is 70.0 Å². The predicted molar refractivity (Wildman–Crippen MR) is 233 cm³/mol. The Bertz CT molecular complexity index is 1680. The number of ether oxygens (including phenoxy) is 11. The fourth-order valence-electron chi connectivity index (χ4n) is 6.20. The van der Waals surface area contributed by atoms with Gasteiger partial charge in [-0.05, 0) is 35.7 Å². The predicted octanol–water partition coefficient (Wildman–Crippen LogP) is 1.93. The fourth-order valence-corrected chi connectivity index (χ4v) is 6.42. The van der Waals surface area contributed by atoms with Gasteiger partial charge in [0.25, 0.3) is 5.91 Å². The normalized spacial score (nSPS) is 14.8. The van der Waals surface area contributed by atoms with Crippen molar-refractivity contribution >= 4 is 41.0 Å². The zero-order chi connectivity index (χ0) is 45.5. The van der Waals surface area contributed by atoms with Crippen LogP contribution in [-0.4, -0.2) is 180 Å². The van der Waals surface area contributed by atoms with Crippen LogP contribution in [0.1, 0.15) is 34.3 Å². The van der Waals surface area contributed by atoms with E-state index in [1.807, 2.05) is 6.07 Å². The summed E-state index contributed by atoms with van der Waals surface area (Å²) in [6.45, 7) is 10.6. The smallest absolute Gasteiger partial charge is 0.319 e. The van der Waals surface area contributed by atoms with Crippen LogP contribution in [0.5, 0.6) is 5.75 Å². The van der Waals surface area contributed by atoms with Crippen molar-refractivity contribution in [2.24, 2.45) is 5.73 Å². The van der Waals surface area contributed by atoms with Crippen molar-refractivity contribution in [2.45, 2.75) is 32.0 Å². The minimum atomic E-state index is -0.692. The van der Waals surface area contributed by atoms with Crippen molar-refractivity contribution in [1.82, 2.24) is 15.5 Å². The molecule has 0 bridgehead atoms. The Kier molecular flexibility index (Phi) is 26.8. The van der Waals surface area contributed by atoms with E-state index in [1.54, 1.807) is 30.3 Å². The van der Waals surface area contributed by atoms with Crippen molar-refractivity contribution in [1.29, 1.82) is 0 Å². The lowest BCUT2D eigenvalue weighted by Gasteiger charge is -2.29. The molecular formula is C43H64ClN5O15. The van der Waals surface area contributed by atoms with E-state index in [1.165, 1.54) is 4.90 Å². The molecule has 1 atom stereocenters. The molecule has 21 heteroatoms. The minimum Gasteiger partial charge on any atom is -0.491 e. The average molecular weight is 926 g/mol. The maximum Gasteiger partial charge on any atom is 0.319 e. The molecule has 20 nitrogen and oxygen atoms in total. The first-order valence-electron chi connectivity index (χ1n) is 21.6. The Hall–Kier alpha value is -4.03. The average Bonchev–Trinajstić information content (AvgIpc) is 3.60. The third-order valence-electron chi connectivity index (χ3n) is 9.28. The SMILES string of the molecule is NCCOCCOCCOCCOCCOCCOCCOCCOCCOCCOCCOc1cc(Cl)cc(NC(=O)NCc2ccc3c(c2)CN(C2CCC(=O)NC2=O)C3=O)c1. The first-order valence-corrected chi connectivity index (χ1v) is 21.9. The Morgan fingerprint density at radius 2 is 1.14 bits per heavy atom. The van der Waals surface area contributed by atoms with Crippen LogP contribution in [0.15, 0.2) is 36.4 Å². The van der Waals surface area contributed by atoms with Crippen molar-refractivity contribution in [2.75, 3.05) is 151 Å². The summed E-state index contributed by atoms with van der Waals surface area (Å²) < 4.78 is 60.4. The number of nitrogens with one attached hydrogen (secondary N) is 3. The molecule has 5 N–H and O–H groups in total. The zero-order valence-corrected chi connectivity index (χ0v) is 37.2. The van der Waals surface area contributed by atoms with Crippen LogP contribution in [0.25, 0.3) is 0 Å². The second-order valence-electron chi connectivity index (χ2n) is 14.1. The molecule has 0 radical (unpaired) electrons. The summed E-state index contributed by atoms with van der Waals surface area (Å²) in [5, 5.41) is 8.23. The number of benzene rings is 2. The second-order valence-corrected chi connectivity index (χ2v) is 14.6. The molecule has 64 heavy (non-hydrogen) atoms. The van der Waals surface area contributed by atoms with Gasteiger partial charge in [0.05, 0.1) is 132 Å². The number of piperidine rings is 1. The highest BCUT2D eigenvalue weighted by atomic mass is 35.5. The first kappa shape index (κ1) is 52.6. The van der Waals surface area contributed by atoms with Crippen LogP contribution in [0.4, 0.5) is 10.5 Å². The number of carbonyl (C=O) groups excluding carboxylic acids is 4. The lowest BCUT2D eigenvalue weighted by atomic mass is 10.0. The van der Waals surface area contributed by atoms with Gasteiger partial charge in [-0.1, -0.05) is 23.7 Å². The molecule has 4 rings (SSSR count). The lowest BCUT2D eigenvalue weighted by Crippen LogP contribution is -2.52. The summed E-state index contributed by atoms with van der Waals surface area (Å²) in [7, 11) is 0. The van der Waals surface area contributed by atoms with Gasteiger partial charge in [-0.2, -0.15) is 0 Å². The molecule has 1 fully saturated rings. The van der Waals surface area contributed by atoms with Crippen molar-refractivity contribution in [3.05, 3.63) is 58.1 Å². The maximum atomic E-state index is 13.0. The van der Waals surface area contributed by atoms with E-state index >= 15 is 0 Å². The number of nitrogens with zero attached hydrogens (tertiary/aromatic N) is 1. The van der Waals surface area contributed by atoms with Gasteiger partial charge in [0, 0.05) is 48.4 Å². The van der Waals surface area contributed by atoms with Crippen LogP contribution in [0.3, 0.4) is 0 Å². The molecule has 0 aliphatic carbocycles. The van der Waals surface area contributed by atoms with E-state index in [0.29, 0.717) is 161 Å². The third-order valence-corrected chi connectivity index (χ3v) is 9.50. The number of halogens is 1. The van der Waals surface area contributed by atoms with Gasteiger partial charge < -0.3 is 73.4 Å². The monoisotopic (exact) mass is 925 g/mol. The van der Waals surface area contributed by atoms with E-state index in [4.69, 9.17) is 69.4 Å². The highest BCUT2D eigenvalue weighted by Gasteiger charge is 2.39. The van der Waals surface area contributed by atoms with E-state index < -0.39 is 18.0 Å². The summed E-state index contributed by atoms with van der Waals surface area (Å²) in [6.07, 6.45) is 0.472. The van der Waals surface area contributed by atoms with Gasteiger partial charge in [-0.15, -0.1) is 0 Å². The van der Waals surface area contributed by atoms with Gasteiger partial charge in [0.15, 0.2) is 0 Å². The summed E-state index contributed by atoms with van der Waals surface area (Å²) in [4.78, 5) is 51.0. The van der Waals surface area contributed by atoms with Gasteiger partial charge in [0.2, 0.25) is 11.8 Å². The van der Waals surface area contributed by atoms with Gasteiger partial charge in [-0.25, -0.2) is 4.79 Å². The number of fused-ring (bicyclic) bond motifs is 1. The maximum absolute atomic E-state index is 13.0. The summed E-state index contributed by atoms with van der Waals surface area (Å²) >= 11 is 6.27. The molecular weight excluding hydrogens is 862 g/mol. The number of amides is 5. The molecule has 0 spiro atoms. The fraction of sp³-hybridized carbons (Fsp3) is 0.628. The quantitative estimate of drug-likeness (QED) is 0.0560. The van der Waals surface area contributed by atoms with Gasteiger partial charge >= 0.3 is 6.03 Å². The molecule has 0 aromatic heterocycles. The number of hydrogen-bond acceptors (Lipinski definition) is 16. The first-order chi connectivity index (χ1) is 31.3. The Labute approximate surface area is 379 Å². The molecule has 1 saturated heterocycles. The highest BCUT2D eigenvalue weighted by Crippen LogP contribution is 2.28. The number of urea groups is 1. The van der Waals surface area contributed by atoms with Crippen molar-refractivity contribution in [3.8, 4) is 5.75 Å². The van der Waals surface area contributed by atoms with Gasteiger partial charge in [0.1, 0.15) is 18.4 Å². The number of rotatable bonds is 37. The minimum absolute atomic E-state index is 0.184. The summed E-state index contributed by atoms with van der Waals surface area (Å²) in [5.74, 6) is -0.597. The second kappa shape index (κ2) is 32.6. The Morgan fingerprint density at radius 1 is 0.656 bits per heavy atom. The van der Waals surface area contributed by atoms with Crippen LogP contribution >= 0.6 is 11.6 Å². The standard InChI is InChI=1S/C43H64ClN5O15/c44-35-28-36(47-43(53)46-31-33-1-2-38-34(27-33)32-49(42(38)52)39-3-4-40(50)48-41(39)51)30-37(29-35)64-26-25-63-24-23-62-22-21-61-20-19-60-18-17-59-16-15-58-14-13-57-12-11-56-10-9-55-8-7-54-6-5-45/h1-2,27-30,39H,3-26,31-32,45H2,(H2,46,47,53)(H,48,50,51). The number of imide groups is 1. The molecule has 2 heterocycles. The Morgan fingerprint density at radius 3 is 1.62 bits per heavy atom. The number of anilines is 1. The molecule has 5 amide bonds. The molecule has 2 aliphatic rings. The largest absolute Gasteiger partial charge is 0.491 e. The van der Waals surface area contributed by atoms with Crippen molar-refractivity contribution in [3.63, 3.8) is 0 Å². The summed E-state index contributed by atoms with van der Waals surface area (Å²) in [6, 6.07) is 9.00. The third kappa shape index (κ3) is 21.8. The zero-order valence-electron chi connectivity index (χ0n) is 36.5. The van der Waals surface area contributed by atoms with E-state index in [-0.39, 0.29) is 44.4 Å². The molecule has 2 aromatic carbocycles. The van der Waals surface area contributed by atoms with Crippen LogP contribution in [0.2, 0.25) is 5.02 Å². The topological polar surface area (TPSA) is 235 Å². The number of hydrogen-bond donors (Lipinski definition) is 4.